The van der Waals surface area contributed by atoms with Gasteiger partial charge in [-0.15, -0.1) is 0 Å². The lowest BCUT2D eigenvalue weighted by Gasteiger charge is -2.22. The second kappa shape index (κ2) is 10.6. The van der Waals surface area contributed by atoms with Crippen LogP contribution >= 0.6 is 0 Å². The molecule has 4 heteroatoms. The summed E-state index contributed by atoms with van der Waals surface area (Å²) in [6, 6.07) is 20.9. The third kappa shape index (κ3) is 5.76. The van der Waals surface area contributed by atoms with E-state index >= 15 is 0 Å². The van der Waals surface area contributed by atoms with Gasteiger partial charge in [0.05, 0.1) is 0 Å². The van der Waals surface area contributed by atoms with Crippen molar-refractivity contribution < 1.29 is 4.79 Å². The van der Waals surface area contributed by atoms with Crippen molar-refractivity contribution in [2.45, 2.75) is 70.9 Å². The Kier molecular flexibility index (Phi) is 7.42. The molecule has 0 bridgehead atoms. The molecule has 1 aliphatic rings. The zero-order valence-electron chi connectivity index (χ0n) is 18.6. The molecule has 2 atom stereocenters. The van der Waals surface area contributed by atoms with E-state index in [-0.39, 0.29) is 5.91 Å². The second-order valence-corrected chi connectivity index (χ2v) is 9.13. The molecule has 164 valence electrons. The molecule has 2 aromatic carbocycles. The van der Waals surface area contributed by atoms with Crippen LogP contribution in [0.15, 0.2) is 60.7 Å². The van der Waals surface area contributed by atoms with Crippen molar-refractivity contribution in [3.8, 4) is 0 Å². The van der Waals surface area contributed by atoms with Gasteiger partial charge < -0.3 is 4.57 Å². The third-order valence-electron chi connectivity index (χ3n) is 6.62. The molecule has 4 rings (SSSR count). The lowest BCUT2D eigenvalue weighted by molar-refractivity contribution is 0.0913. The van der Waals surface area contributed by atoms with Crippen molar-refractivity contribution in [3.63, 3.8) is 0 Å². The van der Waals surface area contributed by atoms with Gasteiger partial charge in [-0.1, -0.05) is 94.0 Å². The molecule has 0 aliphatic heterocycles. The lowest BCUT2D eigenvalue weighted by Crippen LogP contribution is -2.45. The van der Waals surface area contributed by atoms with Gasteiger partial charge in [-0.25, -0.2) is 5.43 Å². The highest BCUT2D eigenvalue weighted by molar-refractivity contribution is 5.98. The molecule has 0 spiro atoms. The summed E-state index contributed by atoms with van der Waals surface area (Å²) in [6.07, 6.45) is 9.98. The summed E-state index contributed by atoms with van der Waals surface area (Å²) in [6.45, 7) is 3.05. The third-order valence-corrected chi connectivity index (χ3v) is 6.62. The fraction of sp³-hybridized carbons (Fsp3) is 0.444. The molecule has 1 amide bonds. The highest BCUT2D eigenvalue weighted by atomic mass is 16.2. The van der Waals surface area contributed by atoms with Gasteiger partial charge in [0.15, 0.2) is 0 Å². The van der Waals surface area contributed by atoms with Crippen molar-refractivity contribution in [1.82, 2.24) is 15.4 Å². The normalized spacial score (nSPS) is 20.4. The number of carbonyl (C=O) groups excluding carboxylic acids is 1. The molecule has 0 unspecified atom stereocenters. The molecule has 31 heavy (non-hydrogen) atoms. The number of para-hydroxylation sites is 1. The van der Waals surface area contributed by atoms with Crippen LogP contribution in [-0.4, -0.2) is 16.5 Å². The van der Waals surface area contributed by atoms with Crippen molar-refractivity contribution in [3.05, 3.63) is 71.9 Å². The average molecular weight is 418 g/mol. The molecule has 2 N–H and O–H groups in total. The zero-order chi connectivity index (χ0) is 21.5. The molecule has 1 fully saturated rings. The molecule has 4 nitrogen and oxygen atoms in total. The van der Waals surface area contributed by atoms with Gasteiger partial charge in [-0.05, 0) is 36.5 Å². The Balaban J connectivity index is 1.47. The number of nitrogens with zero attached hydrogens (tertiary/aromatic N) is 1. The highest BCUT2D eigenvalue weighted by Gasteiger charge is 2.18. The fourth-order valence-corrected chi connectivity index (χ4v) is 4.77. The number of hydrogen-bond donors (Lipinski definition) is 2. The lowest BCUT2D eigenvalue weighted by atomic mass is 9.92. The summed E-state index contributed by atoms with van der Waals surface area (Å²) >= 11 is 0. The monoisotopic (exact) mass is 417 g/mol. The van der Waals surface area contributed by atoms with Gasteiger partial charge in [-0.2, -0.15) is 0 Å². The molecular formula is C27H35N3O. The number of nitrogens with one attached hydrogen (secondary N) is 2. The van der Waals surface area contributed by atoms with Crippen LogP contribution in [0.2, 0.25) is 0 Å². The van der Waals surface area contributed by atoms with Crippen LogP contribution in [0.4, 0.5) is 0 Å². The SMILES string of the molecule is C[C@@H]1CCCCC[C@H](NNC(=O)c2cc3ccccc3n2Cc2ccccc2)CCC1. The standard InChI is InChI=1S/C27H35N3O/c1-21-11-4-2-7-16-24(17-10-12-21)28-29-27(31)26-19-23-15-8-9-18-25(23)30(26)20-22-13-5-3-6-14-22/h3,5-6,8-9,13-15,18-19,21,24,28H,2,4,7,10-12,16-17,20H2,1H3,(H,29,31)/t21-,24+/m1/s1. The molecule has 0 radical (unpaired) electrons. The maximum atomic E-state index is 13.2. The van der Waals surface area contributed by atoms with Crippen LogP contribution in [0.25, 0.3) is 10.9 Å². The van der Waals surface area contributed by atoms with Gasteiger partial charge in [-0.3, -0.25) is 10.2 Å². The smallest absolute Gasteiger partial charge is 0.282 e. The predicted octanol–water partition coefficient (Wildman–Crippen LogP) is 6.06. The minimum atomic E-state index is -0.0578. The summed E-state index contributed by atoms with van der Waals surface area (Å²) in [5, 5.41) is 1.09. The first-order valence-electron chi connectivity index (χ1n) is 11.9. The van der Waals surface area contributed by atoms with Gasteiger partial charge >= 0.3 is 0 Å². The number of aromatic nitrogens is 1. The van der Waals surface area contributed by atoms with E-state index in [0.29, 0.717) is 18.3 Å². The molecule has 1 heterocycles. The number of hydrogen-bond acceptors (Lipinski definition) is 2. The highest BCUT2D eigenvalue weighted by Crippen LogP contribution is 2.23. The van der Waals surface area contributed by atoms with Crippen molar-refractivity contribution >= 4 is 16.8 Å². The molecule has 3 aromatic rings. The minimum absolute atomic E-state index is 0.0578. The van der Waals surface area contributed by atoms with Crippen LogP contribution in [0.1, 0.15) is 74.3 Å². The molecule has 1 saturated carbocycles. The van der Waals surface area contributed by atoms with E-state index in [0.717, 1.165) is 29.7 Å². The van der Waals surface area contributed by atoms with Gasteiger partial charge in [0, 0.05) is 23.5 Å². The molecular weight excluding hydrogens is 382 g/mol. The number of rotatable bonds is 5. The first-order chi connectivity index (χ1) is 15.2. The Morgan fingerprint density at radius 2 is 1.61 bits per heavy atom. The van der Waals surface area contributed by atoms with E-state index < -0.39 is 0 Å². The van der Waals surface area contributed by atoms with Crippen LogP contribution in [0.5, 0.6) is 0 Å². The minimum Gasteiger partial charge on any atom is -0.332 e. The van der Waals surface area contributed by atoms with Crippen LogP contribution in [-0.2, 0) is 6.54 Å². The van der Waals surface area contributed by atoms with Crippen molar-refractivity contribution in [1.29, 1.82) is 0 Å². The summed E-state index contributed by atoms with van der Waals surface area (Å²) in [7, 11) is 0. The first-order valence-corrected chi connectivity index (χ1v) is 11.9. The number of hydrazine groups is 1. The number of benzene rings is 2. The Morgan fingerprint density at radius 3 is 2.48 bits per heavy atom. The van der Waals surface area contributed by atoms with Crippen LogP contribution in [0, 0.1) is 5.92 Å². The zero-order valence-corrected chi connectivity index (χ0v) is 18.6. The fourth-order valence-electron chi connectivity index (χ4n) is 4.77. The van der Waals surface area contributed by atoms with Crippen molar-refractivity contribution in [2.24, 2.45) is 5.92 Å². The van der Waals surface area contributed by atoms with E-state index in [9.17, 15) is 4.79 Å². The largest absolute Gasteiger partial charge is 0.332 e. The molecule has 1 aliphatic carbocycles. The maximum Gasteiger partial charge on any atom is 0.282 e. The topological polar surface area (TPSA) is 46.1 Å². The van der Waals surface area contributed by atoms with Gasteiger partial charge in [0.1, 0.15) is 5.69 Å². The summed E-state index contributed by atoms with van der Waals surface area (Å²) in [5.74, 6) is 0.764. The Bertz CT molecular complexity index is 979. The Labute approximate surface area is 186 Å². The average Bonchev–Trinajstić information content (AvgIpc) is 3.16. The van der Waals surface area contributed by atoms with Gasteiger partial charge in [0.2, 0.25) is 0 Å². The maximum absolute atomic E-state index is 13.2. The van der Waals surface area contributed by atoms with Crippen molar-refractivity contribution in [2.75, 3.05) is 0 Å². The predicted molar refractivity (Wildman–Crippen MR) is 128 cm³/mol. The number of carbonyl (C=O) groups is 1. The summed E-state index contributed by atoms with van der Waals surface area (Å²) in [4.78, 5) is 13.2. The second-order valence-electron chi connectivity index (χ2n) is 9.13. The van der Waals surface area contributed by atoms with Crippen LogP contribution in [0.3, 0.4) is 0 Å². The summed E-state index contributed by atoms with van der Waals surface area (Å²) < 4.78 is 2.12. The van der Waals surface area contributed by atoms with E-state index in [4.69, 9.17) is 0 Å². The Morgan fingerprint density at radius 1 is 0.903 bits per heavy atom. The van der Waals surface area contributed by atoms with E-state index in [1.807, 2.05) is 36.4 Å². The Hall–Kier alpha value is -2.59. The van der Waals surface area contributed by atoms with Gasteiger partial charge in [0.25, 0.3) is 5.91 Å². The quantitative estimate of drug-likeness (QED) is 0.495. The number of amides is 1. The van der Waals surface area contributed by atoms with E-state index in [1.54, 1.807) is 0 Å². The first kappa shape index (κ1) is 21.6. The molecule has 1 aromatic heterocycles. The van der Waals surface area contributed by atoms with Crippen LogP contribution < -0.4 is 10.9 Å². The molecule has 0 saturated heterocycles. The number of fused-ring (bicyclic) bond motifs is 1. The van der Waals surface area contributed by atoms with E-state index in [2.05, 4.69) is 46.6 Å². The summed E-state index contributed by atoms with van der Waals surface area (Å²) in [5.41, 5.74) is 9.39. The van der Waals surface area contributed by atoms with E-state index in [1.165, 1.54) is 44.1 Å².